The molecule has 7 heteroatoms. The zero-order valence-electron chi connectivity index (χ0n) is 22.3. The highest BCUT2D eigenvalue weighted by atomic mass is 35.5. The molecule has 0 radical (unpaired) electrons. The number of ether oxygens (including phenoxy) is 1. The van der Waals surface area contributed by atoms with E-state index in [1.165, 1.54) is 4.88 Å². The highest BCUT2D eigenvalue weighted by Crippen LogP contribution is 2.31. The van der Waals surface area contributed by atoms with Crippen LogP contribution < -0.4 is 10.1 Å². The summed E-state index contributed by atoms with van der Waals surface area (Å²) in [6.07, 6.45) is 8.00. The summed E-state index contributed by atoms with van der Waals surface area (Å²) in [5.41, 5.74) is 3.95. The minimum atomic E-state index is -0.196. The third-order valence-corrected chi connectivity index (χ3v) is 7.73. The number of aryl methyl sites for hydroxylation is 1. The maximum Gasteiger partial charge on any atom is 0.272 e. The van der Waals surface area contributed by atoms with Crippen LogP contribution >= 0.6 is 22.9 Å². The standard InChI is InChI=1S/C31H34ClN3O2S/c1-5-6-8-13-26-28(19-17-25-16-14-21(2)38-25)35(29-18-15-24(37-4)20-27(29)32)34-30(26)31(36)33-22(3)23-11-9-7-10-12-23/h7,9-12,14-20,22H,5-6,8,13H2,1-4H3,(H,33,36)/b19-17+/t22-/m1/s1. The van der Waals surface area contributed by atoms with E-state index in [1.54, 1.807) is 29.2 Å². The van der Waals surface area contributed by atoms with Crippen LogP contribution in [0, 0.1) is 6.92 Å². The van der Waals surface area contributed by atoms with Gasteiger partial charge in [0.15, 0.2) is 5.69 Å². The van der Waals surface area contributed by atoms with Crippen molar-refractivity contribution in [3.05, 3.63) is 98.0 Å². The zero-order chi connectivity index (χ0) is 27.1. The van der Waals surface area contributed by atoms with Gasteiger partial charge in [0.2, 0.25) is 0 Å². The van der Waals surface area contributed by atoms with E-state index < -0.39 is 0 Å². The molecule has 0 unspecified atom stereocenters. The average Bonchev–Trinajstić information content (AvgIpc) is 3.50. The highest BCUT2D eigenvalue weighted by Gasteiger charge is 2.24. The van der Waals surface area contributed by atoms with Crippen LogP contribution in [0.15, 0.2) is 60.7 Å². The van der Waals surface area contributed by atoms with E-state index in [0.717, 1.165) is 47.4 Å². The predicted molar refractivity (Wildman–Crippen MR) is 159 cm³/mol. The fourth-order valence-corrected chi connectivity index (χ4v) is 5.41. The maximum atomic E-state index is 13.7. The Balaban J connectivity index is 1.81. The molecule has 5 nitrogen and oxygen atoms in total. The molecule has 1 atom stereocenters. The summed E-state index contributed by atoms with van der Waals surface area (Å²) in [5.74, 6) is 0.465. The van der Waals surface area contributed by atoms with Crippen LogP contribution in [0.4, 0.5) is 0 Å². The lowest BCUT2D eigenvalue weighted by Gasteiger charge is -2.14. The highest BCUT2D eigenvalue weighted by molar-refractivity contribution is 7.12. The number of carbonyl (C=O) groups excluding carboxylic acids is 1. The molecule has 4 rings (SSSR count). The molecule has 0 saturated heterocycles. The van der Waals surface area contributed by atoms with Gasteiger partial charge in [-0.1, -0.05) is 61.7 Å². The molecule has 2 aromatic heterocycles. The van der Waals surface area contributed by atoms with Gasteiger partial charge in [0.1, 0.15) is 5.75 Å². The van der Waals surface area contributed by atoms with Gasteiger partial charge in [-0.25, -0.2) is 4.68 Å². The van der Waals surface area contributed by atoms with E-state index in [1.807, 2.05) is 49.4 Å². The second-order valence-corrected chi connectivity index (χ2v) is 11.0. The second-order valence-electron chi connectivity index (χ2n) is 9.29. The van der Waals surface area contributed by atoms with Crippen LogP contribution in [0.3, 0.4) is 0 Å². The molecular weight excluding hydrogens is 514 g/mol. The van der Waals surface area contributed by atoms with Crippen molar-refractivity contribution in [1.29, 1.82) is 0 Å². The number of halogens is 1. The topological polar surface area (TPSA) is 56.2 Å². The number of unbranched alkanes of at least 4 members (excludes halogenated alkanes) is 2. The van der Waals surface area contributed by atoms with Crippen LogP contribution in [0.1, 0.15) is 76.2 Å². The SMILES string of the molecule is CCCCCc1c(C(=O)N[C@H](C)c2ccccc2)nn(-c2ccc(OC)cc2Cl)c1/C=C/c1ccc(C)s1. The number of nitrogens with zero attached hydrogens (tertiary/aromatic N) is 2. The van der Waals surface area contributed by atoms with Gasteiger partial charge in [-0.2, -0.15) is 5.10 Å². The first kappa shape index (κ1) is 27.7. The zero-order valence-corrected chi connectivity index (χ0v) is 23.9. The van der Waals surface area contributed by atoms with Gasteiger partial charge in [0, 0.05) is 21.4 Å². The Kier molecular flexibility index (Phi) is 9.43. The summed E-state index contributed by atoms with van der Waals surface area (Å²) >= 11 is 8.43. The van der Waals surface area contributed by atoms with Crippen molar-refractivity contribution in [2.45, 2.75) is 52.5 Å². The Hall–Kier alpha value is -3.35. The van der Waals surface area contributed by atoms with Crippen molar-refractivity contribution in [3.8, 4) is 11.4 Å². The minimum absolute atomic E-state index is 0.157. The first-order valence-electron chi connectivity index (χ1n) is 13.0. The number of methoxy groups -OCH3 is 1. The number of amides is 1. The van der Waals surface area contributed by atoms with Crippen LogP contribution in [-0.2, 0) is 6.42 Å². The lowest BCUT2D eigenvalue weighted by atomic mass is 10.0. The van der Waals surface area contributed by atoms with E-state index in [4.69, 9.17) is 21.4 Å². The van der Waals surface area contributed by atoms with Gasteiger partial charge < -0.3 is 10.1 Å². The molecule has 0 saturated carbocycles. The number of hydrogen-bond donors (Lipinski definition) is 1. The fraction of sp³-hybridized carbons (Fsp3) is 0.290. The molecule has 0 spiro atoms. The molecule has 0 aliphatic heterocycles. The van der Waals surface area contributed by atoms with E-state index >= 15 is 0 Å². The molecule has 1 amide bonds. The second kappa shape index (κ2) is 12.9. The third-order valence-electron chi connectivity index (χ3n) is 6.47. The molecule has 38 heavy (non-hydrogen) atoms. The van der Waals surface area contributed by atoms with E-state index in [-0.39, 0.29) is 11.9 Å². The summed E-state index contributed by atoms with van der Waals surface area (Å²) in [4.78, 5) is 16.1. The molecule has 198 valence electrons. The van der Waals surface area contributed by atoms with Crippen LogP contribution in [0.5, 0.6) is 5.75 Å². The lowest BCUT2D eigenvalue weighted by Crippen LogP contribution is -2.28. The molecule has 1 N–H and O–H groups in total. The van der Waals surface area contributed by atoms with Crippen molar-refractivity contribution in [1.82, 2.24) is 15.1 Å². The minimum Gasteiger partial charge on any atom is -0.497 e. The Morgan fingerprint density at radius 1 is 1.13 bits per heavy atom. The van der Waals surface area contributed by atoms with Gasteiger partial charge in [-0.15, -0.1) is 11.3 Å². The maximum absolute atomic E-state index is 13.7. The molecule has 0 aliphatic carbocycles. The largest absolute Gasteiger partial charge is 0.497 e. The number of hydrogen-bond acceptors (Lipinski definition) is 4. The molecule has 0 fully saturated rings. The van der Waals surface area contributed by atoms with Crippen LogP contribution in [0.2, 0.25) is 5.02 Å². The molecule has 2 aromatic carbocycles. The van der Waals surface area contributed by atoms with E-state index in [2.05, 4.69) is 43.4 Å². The summed E-state index contributed by atoms with van der Waals surface area (Å²) in [7, 11) is 1.61. The van der Waals surface area contributed by atoms with Crippen molar-refractivity contribution in [2.24, 2.45) is 0 Å². The van der Waals surface area contributed by atoms with Gasteiger partial charge in [0.25, 0.3) is 5.91 Å². The van der Waals surface area contributed by atoms with Gasteiger partial charge in [-0.3, -0.25) is 4.79 Å². The first-order valence-corrected chi connectivity index (χ1v) is 14.2. The quantitative estimate of drug-likeness (QED) is 0.192. The number of carbonyl (C=O) groups is 1. The Bertz CT molecular complexity index is 1410. The first-order chi connectivity index (χ1) is 18.4. The number of benzene rings is 2. The predicted octanol–water partition coefficient (Wildman–Crippen LogP) is 8.30. The molecule has 0 bridgehead atoms. The van der Waals surface area contributed by atoms with Gasteiger partial charge in [-0.05, 0) is 68.7 Å². The number of rotatable bonds is 11. The fourth-order valence-electron chi connectivity index (χ4n) is 4.38. The van der Waals surface area contributed by atoms with E-state index in [9.17, 15) is 4.79 Å². The smallest absolute Gasteiger partial charge is 0.272 e. The van der Waals surface area contributed by atoms with E-state index in [0.29, 0.717) is 22.2 Å². The average molecular weight is 548 g/mol. The summed E-state index contributed by atoms with van der Waals surface area (Å²) < 4.78 is 7.15. The molecule has 4 aromatic rings. The Labute approximate surface area is 234 Å². The Morgan fingerprint density at radius 3 is 2.58 bits per heavy atom. The molecule has 2 heterocycles. The van der Waals surface area contributed by atoms with Crippen molar-refractivity contribution in [3.63, 3.8) is 0 Å². The lowest BCUT2D eigenvalue weighted by molar-refractivity contribution is 0.0933. The van der Waals surface area contributed by atoms with Crippen molar-refractivity contribution >= 4 is 41.0 Å². The van der Waals surface area contributed by atoms with Crippen molar-refractivity contribution in [2.75, 3.05) is 7.11 Å². The number of aromatic nitrogens is 2. The van der Waals surface area contributed by atoms with Gasteiger partial charge in [0.05, 0.1) is 29.6 Å². The summed E-state index contributed by atoms with van der Waals surface area (Å²) in [6.45, 7) is 6.26. The molecule has 0 aliphatic rings. The van der Waals surface area contributed by atoms with Crippen LogP contribution in [0.25, 0.3) is 17.8 Å². The molecular formula is C31H34ClN3O2S. The van der Waals surface area contributed by atoms with Crippen molar-refractivity contribution < 1.29 is 9.53 Å². The summed E-state index contributed by atoms with van der Waals surface area (Å²) in [5, 5.41) is 8.52. The van der Waals surface area contributed by atoms with Crippen LogP contribution in [-0.4, -0.2) is 22.8 Å². The number of thiophene rings is 1. The summed E-state index contributed by atoms with van der Waals surface area (Å²) in [6, 6.07) is 19.5. The van der Waals surface area contributed by atoms with Gasteiger partial charge >= 0.3 is 0 Å². The number of nitrogens with one attached hydrogen (secondary N) is 1. The third kappa shape index (κ3) is 6.55. The normalized spacial score (nSPS) is 12.1. The monoisotopic (exact) mass is 547 g/mol. The Morgan fingerprint density at radius 2 is 1.92 bits per heavy atom.